The maximum absolute atomic E-state index is 7.32. The van der Waals surface area contributed by atoms with Gasteiger partial charge in [0.2, 0.25) is 5.88 Å². The van der Waals surface area contributed by atoms with Crippen molar-refractivity contribution in [2.75, 3.05) is 6.54 Å². The summed E-state index contributed by atoms with van der Waals surface area (Å²) in [6.45, 7) is 4.40. The molecule has 0 saturated heterocycles. The Morgan fingerprint density at radius 2 is 1.71 bits per heavy atom. The molecule has 1 radical (unpaired) electrons. The summed E-state index contributed by atoms with van der Waals surface area (Å²) >= 11 is 0. The van der Waals surface area contributed by atoms with Crippen molar-refractivity contribution >= 4 is 10.9 Å². The van der Waals surface area contributed by atoms with Crippen LogP contribution in [0.2, 0.25) is 0 Å². The summed E-state index contributed by atoms with van der Waals surface area (Å²) in [5.74, 6) is 2.11. The first-order valence-corrected chi connectivity index (χ1v) is 8.13. The number of rotatable bonds is 6. The zero-order chi connectivity index (χ0) is 16.9. The lowest BCUT2D eigenvalue weighted by Crippen LogP contribution is -2.05. The van der Waals surface area contributed by atoms with Gasteiger partial charge in [-0.15, -0.1) is 0 Å². The van der Waals surface area contributed by atoms with Crippen LogP contribution in [0.4, 0.5) is 0 Å². The molecule has 3 aromatic rings. The Balaban J connectivity index is 1.76. The maximum Gasteiger partial charge on any atom is 0.219 e. The number of fused-ring (bicyclic) bond motifs is 1. The van der Waals surface area contributed by atoms with E-state index >= 15 is 0 Å². The molecule has 0 unspecified atom stereocenters. The quantitative estimate of drug-likeness (QED) is 0.664. The minimum absolute atomic E-state index is 0.152. The van der Waals surface area contributed by atoms with Crippen molar-refractivity contribution in [3.8, 4) is 17.4 Å². The van der Waals surface area contributed by atoms with E-state index in [4.69, 9.17) is 15.2 Å². The first kappa shape index (κ1) is 16.3. The fourth-order valence-corrected chi connectivity index (χ4v) is 2.49. The molecule has 2 aromatic carbocycles. The molecule has 0 spiro atoms. The zero-order valence-electron chi connectivity index (χ0n) is 14.0. The van der Waals surface area contributed by atoms with Gasteiger partial charge in [0.15, 0.2) is 0 Å². The number of hydrogen-bond acceptors (Lipinski definition) is 3. The summed E-state index contributed by atoms with van der Waals surface area (Å²) in [4.78, 5) is 4.54. The minimum Gasteiger partial charge on any atom is -0.491 e. The predicted octanol–water partition coefficient (Wildman–Crippen LogP) is 4.64. The third kappa shape index (κ3) is 4.03. The van der Waals surface area contributed by atoms with Crippen LogP contribution in [-0.2, 0) is 6.42 Å². The second-order valence-electron chi connectivity index (χ2n) is 5.92. The van der Waals surface area contributed by atoms with Gasteiger partial charge in [-0.2, -0.15) is 0 Å². The molecule has 0 amide bonds. The Morgan fingerprint density at radius 1 is 0.958 bits per heavy atom. The van der Waals surface area contributed by atoms with Gasteiger partial charge in [-0.25, -0.2) is 4.98 Å². The molecular weight excluding hydrogens is 300 g/mol. The van der Waals surface area contributed by atoms with Gasteiger partial charge in [0.25, 0.3) is 0 Å². The lowest BCUT2D eigenvalue weighted by Gasteiger charge is -2.10. The van der Waals surface area contributed by atoms with Crippen LogP contribution in [0.1, 0.15) is 19.4 Å². The molecule has 123 valence electrons. The minimum atomic E-state index is 0.152. The summed E-state index contributed by atoms with van der Waals surface area (Å²) in [7, 11) is 0. The third-order valence-electron chi connectivity index (χ3n) is 3.56. The molecule has 3 rings (SSSR count). The first-order valence-electron chi connectivity index (χ1n) is 8.13. The second kappa shape index (κ2) is 7.32. The molecule has 0 aliphatic heterocycles. The maximum atomic E-state index is 7.32. The van der Waals surface area contributed by atoms with Gasteiger partial charge in [-0.1, -0.05) is 6.07 Å². The van der Waals surface area contributed by atoms with Gasteiger partial charge in [0.05, 0.1) is 11.6 Å². The van der Waals surface area contributed by atoms with Gasteiger partial charge in [0, 0.05) is 18.0 Å². The predicted molar refractivity (Wildman–Crippen MR) is 95.7 cm³/mol. The van der Waals surface area contributed by atoms with E-state index in [2.05, 4.69) is 11.1 Å². The topological polar surface area (TPSA) is 55.2 Å². The largest absolute Gasteiger partial charge is 0.491 e. The first-order chi connectivity index (χ1) is 11.6. The van der Waals surface area contributed by atoms with E-state index in [1.165, 1.54) is 0 Å². The van der Waals surface area contributed by atoms with Crippen molar-refractivity contribution in [1.29, 1.82) is 0 Å². The standard InChI is InChI=1S/C20H21N2O2/c1-14(2)23-17-5-7-18(8-6-17)24-20-10-4-16-13-15(11-12-21)3-9-19(16)22-20/h3-10,13-14,21H,11-12H2,1-2H3. The Hall–Kier alpha value is -2.59. The van der Waals surface area contributed by atoms with E-state index < -0.39 is 0 Å². The number of nitrogens with zero attached hydrogens (tertiary/aromatic N) is 1. The lowest BCUT2D eigenvalue weighted by atomic mass is 10.1. The highest BCUT2D eigenvalue weighted by molar-refractivity contribution is 5.79. The molecule has 0 aliphatic rings. The van der Waals surface area contributed by atoms with E-state index in [-0.39, 0.29) is 6.10 Å². The zero-order valence-corrected chi connectivity index (χ0v) is 14.0. The number of aromatic nitrogens is 1. The highest BCUT2D eigenvalue weighted by atomic mass is 16.5. The van der Waals surface area contributed by atoms with Crippen molar-refractivity contribution in [1.82, 2.24) is 10.7 Å². The Kier molecular flexibility index (Phi) is 4.96. The van der Waals surface area contributed by atoms with Crippen molar-refractivity contribution in [2.45, 2.75) is 26.4 Å². The fraction of sp³-hybridized carbons (Fsp3) is 0.250. The van der Waals surface area contributed by atoms with Crippen LogP contribution in [-0.4, -0.2) is 17.6 Å². The Labute approximate surface area is 142 Å². The van der Waals surface area contributed by atoms with Crippen LogP contribution < -0.4 is 15.2 Å². The van der Waals surface area contributed by atoms with Gasteiger partial charge in [-0.3, -0.25) is 5.73 Å². The molecule has 1 N–H and O–H groups in total. The third-order valence-corrected chi connectivity index (χ3v) is 3.56. The Bertz CT molecular complexity index is 813. The van der Waals surface area contributed by atoms with E-state index in [0.717, 1.165) is 34.4 Å². The van der Waals surface area contributed by atoms with Gasteiger partial charge >= 0.3 is 0 Å². The molecule has 1 heterocycles. The van der Waals surface area contributed by atoms with E-state index in [0.29, 0.717) is 12.4 Å². The van der Waals surface area contributed by atoms with Crippen molar-refractivity contribution < 1.29 is 9.47 Å². The van der Waals surface area contributed by atoms with Gasteiger partial charge < -0.3 is 9.47 Å². The average molecular weight is 321 g/mol. The molecule has 0 bridgehead atoms. The van der Waals surface area contributed by atoms with Crippen LogP contribution in [0.15, 0.2) is 54.6 Å². The summed E-state index contributed by atoms with van der Waals surface area (Å²) in [6.07, 6.45) is 0.915. The van der Waals surface area contributed by atoms with Crippen LogP contribution in [0.3, 0.4) is 0 Å². The monoisotopic (exact) mass is 321 g/mol. The second-order valence-corrected chi connectivity index (χ2v) is 5.92. The van der Waals surface area contributed by atoms with Crippen molar-refractivity contribution in [2.24, 2.45) is 0 Å². The lowest BCUT2D eigenvalue weighted by molar-refractivity contribution is 0.242. The van der Waals surface area contributed by atoms with Crippen LogP contribution in [0.5, 0.6) is 17.4 Å². The highest BCUT2D eigenvalue weighted by Gasteiger charge is 2.04. The number of hydrogen-bond donors (Lipinski definition) is 0. The molecular formula is C20H21N2O2. The number of benzene rings is 2. The van der Waals surface area contributed by atoms with Gasteiger partial charge in [-0.05, 0) is 68.3 Å². The smallest absolute Gasteiger partial charge is 0.219 e. The molecule has 24 heavy (non-hydrogen) atoms. The van der Waals surface area contributed by atoms with Crippen LogP contribution in [0.25, 0.3) is 10.9 Å². The number of nitrogens with one attached hydrogen (secondary N) is 1. The summed E-state index contributed by atoms with van der Waals surface area (Å²) in [6, 6.07) is 17.5. The fourth-order valence-electron chi connectivity index (χ4n) is 2.49. The normalized spacial score (nSPS) is 11.0. The van der Waals surface area contributed by atoms with E-state index in [9.17, 15) is 0 Å². The van der Waals surface area contributed by atoms with Crippen molar-refractivity contribution in [3.05, 3.63) is 60.2 Å². The SMILES string of the molecule is CC(C)Oc1ccc(Oc2ccc3cc(CC[NH])ccc3n2)cc1. The summed E-state index contributed by atoms with van der Waals surface area (Å²) < 4.78 is 11.5. The molecule has 4 nitrogen and oxygen atoms in total. The molecule has 1 aromatic heterocycles. The molecule has 0 aliphatic carbocycles. The molecule has 0 saturated carbocycles. The highest BCUT2D eigenvalue weighted by Crippen LogP contribution is 2.25. The molecule has 0 atom stereocenters. The summed E-state index contributed by atoms with van der Waals surface area (Å²) in [5.41, 5.74) is 9.37. The van der Waals surface area contributed by atoms with Gasteiger partial charge in [0.1, 0.15) is 11.5 Å². The van der Waals surface area contributed by atoms with Crippen molar-refractivity contribution in [3.63, 3.8) is 0 Å². The Morgan fingerprint density at radius 3 is 2.42 bits per heavy atom. The summed E-state index contributed by atoms with van der Waals surface area (Å²) in [5, 5.41) is 1.06. The number of ether oxygens (including phenoxy) is 2. The molecule has 4 heteroatoms. The number of pyridine rings is 1. The van der Waals surface area contributed by atoms with E-state index in [1.807, 2.05) is 62.4 Å². The van der Waals surface area contributed by atoms with Crippen LogP contribution in [0, 0.1) is 0 Å². The molecule has 0 fully saturated rings. The van der Waals surface area contributed by atoms with E-state index in [1.54, 1.807) is 0 Å². The average Bonchev–Trinajstić information content (AvgIpc) is 2.57. The van der Waals surface area contributed by atoms with Crippen LogP contribution >= 0.6 is 0 Å².